The summed E-state index contributed by atoms with van der Waals surface area (Å²) in [5.74, 6) is 1.64. The Morgan fingerprint density at radius 2 is 2.11 bits per heavy atom. The van der Waals surface area contributed by atoms with E-state index in [9.17, 15) is 0 Å². The summed E-state index contributed by atoms with van der Waals surface area (Å²) in [5.41, 5.74) is 2.02. The molecule has 18 heavy (non-hydrogen) atoms. The van der Waals surface area contributed by atoms with E-state index in [1.165, 1.54) is 19.3 Å². The van der Waals surface area contributed by atoms with E-state index in [2.05, 4.69) is 22.5 Å². The van der Waals surface area contributed by atoms with Gasteiger partial charge in [-0.25, -0.2) is 4.98 Å². The molecule has 0 spiro atoms. The van der Waals surface area contributed by atoms with Crippen molar-refractivity contribution in [3.63, 3.8) is 0 Å². The Kier molecular flexibility index (Phi) is 4.90. The average Bonchev–Trinajstić information content (AvgIpc) is 2.70. The van der Waals surface area contributed by atoms with Gasteiger partial charge in [-0.15, -0.1) is 11.6 Å². The van der Waals surface area contributed by atoms with Gasteiger partial charge in [0.2, 0.25) is 0 Å². The van der Waals surface area contributed by atoms with E-state index in [4.69, 9.17) is 23.2 Å². The van der Waals surface area contributed by atoms with Crippen LogP contribution >= 0.6 is 23.2 Å². The Morgan fingerprint density at radius 3 is 2.83 bits per heavy atom. The topological polar surface area (TPSA) is 17.8 Å². The zero-order chi connectivity index (χ0) is 13.0. The minimum Gasteiger partial charge on any atom is -0.328 e. The predicted octanol–water partition coefficient (Wildman–Crippen LogP) is 4.66. The van der Waals surface area contributed by atoms with Crippen molar-refractivity contribution < 1.29 is 0 Å². The van der Waals surface area contributed by atoms with Gasteiger partial charge in [0.05, 0.1) is 10.5 Å². The number of benzene rings is 1. The van der Waals surface area contributed by atoms with Gasteiger partial charge in [0.25, 0.3) is 0 Å². The van der Waals surface area contributed by atoms with Gasteiger partial charge in [-0.2, -0.15) is 0 Å². The molecule has 0 saturated carbocycles. The number of imidazole rings is 1. The van der Waals surface area contributed by atoms with Gasteiger partial charge >= 0.3 is 0 Å². The van der Waals surface area contributed by atoms with Crippen LogP contribution in [0.25, 0.3) is 11.0 Å². The van der Waals surface area contributed by atoms with E-state index in [0.29, 0.717) is 5.88 Å². The van der Waals surface area contributed by atoms with Gasteiger partial charge in [-0.3, -0.25) is 0 Å². The molecule has 98 valence electrons. The van der Waals surface area contributed by atoms with E-state index in [1.54, 1.807) is 0 Å². The molecule has 0 fully saturated rings. The number of hydrogen-bond acceptors (Lipinski definition) is 1. The third-order valence-electron chi connectivity index (χ3n) is 3.11. The van der Waals surface area contributed by atoms with Gasteiger partial charge in [0, 0.05) is 18.8 Å². The first kappa shape index (κ1) is 13.7. The van der Waals surface area contributed by atoms with E-state index in [0.717, 1.165) is 34.8 Å². The van der Waals surface area contributed by atoms with Crippen LogP contribution in [0.3, 0.4) is 0 Å². The lowest BCUT2D eigenvalue weighted by Gasteiger charge is -2.07. The second-order valence-corrected chi connectivity index (χ2v) is 5.22. The maximum atomic E-state index is 6.20. The van der Waals surface area contributed by atoms with Gasteiger partial charge in [0.1, 0.15) is 11.3 Å². The molecule has 0 atom stereocenters. The summed E-state index contributed by atoms with van der Waals surface area (Å²) in [6, 6.07) is 5.95. The van der Waals surface area contributed by atoms with Crippen molar-refractivity contribution in [2.24, 2.45) is 0 Å². The molecule has 0 aliphatic carbocycles. The van der Waals surface area contributed by atoms with Crippen molar-refractivity contribution >= 4 is 34.2 Å². The maximum Gasteiger partial charge on any atom is 0.111 e. The Balaban J connectivity index is 2.39. The second kappa shape index (κ2) is 6.44. The lowest BCUT2D eigenvalue weighted by atomic mass is 10.2. The number of fused-ring (bicyclic) bond motifs is 1. The highest BCUT2D eigenvalue weighted by molar-refractivity contribution is 6.34. The van der Waals surface area contributed by atoms with E-state index in [1.807, 2.05) is 12.1 Å². The van der Waals surface area contributed by atoms with Crippen LogP contribution in [0.15, 0.2) is 18.2 Å². The number of hydrogen-bond donors (Lipinski definition) is 0. The number of nitrogens with zero attached hydrogens (tertiary/aromatic N) is 2. The molecule has 0 radical (unpaired) electrons. The fraction of sp³-hybridized carbons (Fsp3) is 0.500. The lowest BCUT2D eigenvalue weighted by Crippen LogP contribution is -2.04. The van der Waals surface area contributed by atoms with Crippen molar-refractivity contribution in [2.75, 3.05) is 5.88 Å². The van der Waals surface area contributed by atoms with Crippen LogP contribution in [-0.4, -0.2) is 15.4 Å². The Morgan fingerprint density at radius 1 is 1.28 bits per heavy atom. The lowest BCUT2D eigenvalue weighted by molar-refractivity contribution is 0.594. The highest BCUT2D eigenvalue weighted by Gasteiger charge is 2.11. The van der Waals surface area contributed by atoms with Crippen LogP contribution in [0, 0.1) is 0 Å². The van der Waals surface area contributed by atoms with Crippen molar-refractivity contribution in [1.29, 1.82) is 0 Å². The largest absolute Gasteiger partial charge is 0.328 e. The Hall–Kier alpha value is -0.730. The number of alkyl halides is 1. The number of rotatable bonds is 6. The summed E-state index contributed by atoms with van der Waals surface area (Å²) in [5, 5.41) is 0.720. The molecule has 0 amide bonds. The number of aromatic nitrogens is 2. The Bertz CT molecular complexity index is 520. The van der Waals surface area contributed by atoms with Crippen molar-refractivity contribution in [2.45, 2.75) is 39.2 Å². The van der Waals surface area contributed by atoms with Crippen LogP contribution in [0.1, 0.15) is 32.0 Å². The fourth-order valence-corrected chi connectivity index (χ4v) is 2.59. The fourth-order valence-electron chi connectivity index (χ4n) is 2.21. The SMILES string of the molecule is CCCCCn1c(CCCl)nc2c(Cl)cccc21. The number of halogens is 2. The molecule has 0 saturated heterocycles. The van der Waals surface area contributed by atoms with E-state index >= 15 is 0 Å². The predicted molar refractivity (Wildman–Crippen MR) is 78.7 cm³/mol. The number of unbranched alkanes of at least 4 members (excludes halogenated alkanes) is 2. The van der Waals surface area contributed by atoms with Gasteiger partial charge in [-0.05, 0) is 18.6 Å². The standard InChI is InChI=1S/C14H18Cl2N2/c1-2-3-4-10-18-12-7-5-6-11(16)14(12)17-13(18)8-9-15/h5-7H,2-4,8-10H2,1H3. The van der Waals surface area contributed by atoms with Crippen molar-refractivity contribution in [1.82, 2.24) is 9.55 Å². The Labute approximate surface area is 118 Å². The molecule has 0 bridgehead atoms. The number of para-hydroxylation sites is 1. The molecule has 0 aliphatic rings. The molecular weight excluding hydrogens is 267 g/mol. The van der Waals surface area contributed by atoms with Crippen LogP contribution < -0.4 is 0 Å². The molecule has 1 aromatic heterocycles. The maximum absolute atomic E-state index is 6.20. The van der Waals surface area contributed by atoms with E-state index < -0.39 is 0 Å². The minimum absolute atomic E-state index is 0.592. The summed E-state index contributed by atoms with van der Waals surface area (Å²) in [6.07, 6.45) is 4.42. The summed E-state index contributed by atoms with van der Waals surface area (Å²) >= 11 is 12.0. The summed E-state index contributed by atoms with van der Waals surface area (Å²) in [4.78, 5) is 4.63. The molecule has 0 N–H and O–H groups in total. The number of aryl methyl sites for hydroxylation is 2. The molecule has 2 aromatic rings. The molecule has 1 aromatic carbocycles. The average molecular weight is 285 g/mol. The minimum atomic E-state index is 0.592. The smallest absolute Gasteiger partial charge is 0.111 e. The first-order valence-electron chi connectivity index (χ1n) is 6.47. The van der Waals surface area contributed by atoms with Crippen LogP contribution in [0.2, 0.25) is 5.02 Å². The molecule has 2 rings (SSSR count). The van der Waals surface area contributed by atoms with Gasteiger partial charge < -0.3 is 4.57 Å². The van der Waals surface area contributed by atoms with E-state index in [-0.39, 0.29) is 0 Å². The third-order valence-corrected chi connectivity index (χ3v) is 3.61. The quantitative estimate of drug-likeness (QED) is 0.557. The summed E-state index contributed by atoms with van der Waals surface area (Å²) in [6.45, 7) is 3.21. The third kappa shape index (κ3) is 2.81. The molecule has 0 unspecified atom stereocenters. The monoisotopic (exact) mass is 284 g/mol. The first-order chi connectivity index (χ1) is 8.77. The molecule has 1 heterocycles. The highest BCUT2D eigenvalue weighted by atomic mass is 35.5. The van der Waals surface area contributed by atoms with Crippen LogP contribution in [0.5, 0.6) is 0 Å². The van der Waals surface area contributed by atoms with Gasteiger partial charge in [0.15, 0.2) is 0 Å². The summed E-state index contributed by atoms with van der Waals surface area (Å²) < 4.78 is 2.26. The molecular formula is C14H18Cl2N2. The normalized spacial score (nSPS) is 11.3. The van der Waals surface area contributed by atoms with Crippen LogP contribution in [0.4, 0.5) is 0 Å². The zero-order valence-electron chi connectivity index (χ0n) is 10.6. The molecule has 0 aliphatic heterocycles. The van der Waals surface area contributed by atoms with Crippen molar-refractivity contribution in [3.8, 4) is 0 Å². The van der Waals surface area contributed by atoms with Crippen molar-refractivity contribution in [3.05, 3.63) is 29.0 Å². The molecule has 4 heteroatoms. The van der Waals surface area contributed by atoms with Gasteiger partial charge in [-0.1, -0.05) is 37.4 Å². The highest BCUT2D eigenvalue weighted by Crippen LogP contribution is 2.24. The zero-order valence-corrected chi connectivity index (χ0v) is 12.1. The summed E-state index contributed by atoms with van der Waals surface area (Å²) in [7, 11) is 0. The second-order valence-electron chi connectivity index (χ2n) is 4.43. The first-order valence-corrected chi connectivity index (χ1v) is 7.38. The van der Waals surface area contributed by atoms with Crippen LogP contribution in [-0.2, 0) is 13.0 Å². The molecule has 2 nitrogen and oxygen atoms in total.